The molecule has 2 aliphatic rings. The SMILES string of the molecule is Nc1cc(N)cc(-c2ccc3c(c2)C2(c4ccccc4Oc4ccc(-c5nc(-c6ccccc6)nc(-c6ccc(-c7ccccc7)cc6)n5)cc42)c2ccccc2-3)c1. The van der Waals surface area contributed by atoms with E-state index in [1.807, 2.05) is 54.6 Å². The zero-order chi connectivity index (χ0) is 38.8. The lowest BCUT2D eigenvalue weighted by atomic mass is 9.65. The molecule has 2 heterocycles. The van der Waals surface area contributed by atoms with Crippen molar-refractivity contribution in [1.82, 2.24) is 15.0 Å². The number of hydrogen-bond acceptors (Lipinski definition) is 6. The molecule has 1 aliphatic carbocycles. The van der Waals surface area contributed by atoms with E-state index in [1.165, 1.54) is 11.1 Å². The predicted molar refractivity (Wildman–Crippen MR) is 233 cm³/mol. The summed E-state index contributed by atoms with van der Waals surface area (Å²) < 4.78 is 6.78. The van der Waals surface area contributed by atoms with E-state index < -0.39 is 5.41 Å². The summed E-state index contributed by atoms with van der Waals surface area (Å²) in [6, 6.07) is 64.7. The van der Waals surface area contributed by atoms with Crippen molar-refractivity contribution in [1.29, 1.82) is 0 Å². The van der Waals surface area contributed by atoms with Gasteiger partial charge < -0.3 is 16.2 Å². The Morgan fingerprint density at radius 1 is 0.328 bits per heavy atom. The van der Waals surface area contributed by atoms with Crippen LogP contribution in [0.1, 0.15) is 22.3 Å². The number of ether oxygens (including phenoxy) is 1. The van der Waals surface area contributed by atoms with Crippen LogP contribution in [0, 0.1) is 0 Å². The molecule has 0 saturated heterocycles. The fraction of sp³-hybridized carbons (Fsp3) is 0.0192. The first-order valence-electron chi connectivity index (χ1n) is 19.3. The van der Waals surface area contributed by atoms with Crippen LogP contribution in [-0.4, -0.2) is 15.0 Å². The highest BCUT2D eigenvalue weighted by Gasteiger charge is 2.51. The number of aromatic nitrogens is 3. The maximum atomic E-state index is 6.78. The number of nitrogen functional groups attached to an aromatic ring is 2. The van der Waals surface area contributed by atoms with Crippen molar-refractivity contribution >= 4 is 11.4 Å². The number of para-hydroxylation sites is 1. The number of benzene rings is 8. The highest BCUT2D eigenvalue weighted by molar-refractivity contribution is 5.91. The Hall–Kier alpha value is -7.83. The highest BCUT2D eigenvalue weighted by atomic mass is 16.5. The molecule has 0 radical (unpaired) electrons. The molecule has 1 aliphatic heterocycles. The van der Waals surface area contributed by atoms with Gasteiger partial charge in [0.15, 0.2) is 17.5 Å². The van der Waals surface area contributed by atoms with Gasteiger partial charge in [-0.2, -0.15) is 0 Å². The van der Waals surface area contributed by atoms with Crippen LogP contribution in [0.2, 0.25) is 0 Å². The Bertz CT molecular complexity index is 3030. The largest absolute Gasteiger partial charge is 0.457 e. The number of rotatable bonds is 5. The third-order valence-electron chi connectivity index (χ3n) is 11.4. The van der Waals surface area contributed by atoms with Gasteiger partial charge in [0.1, 0.15) is 11.5 Å². The molecule has 0 fully saturated rings. The van der Waals surface area contributed by atoms with Crippen molar-refractivity contribution in [2.45, 2.75) is 5.41 Å². The molecule has 274 valence electrons. The van der Waals surface area contributed by atoms with Crippen LogP contribution in [0.3, 0.4) is 0 Å². The number of nitrogens with zero attached hydrogens (tertiary/aromatic N) is 3. The molecule has 0 amide bonds. The zero-order valence-electron chi connectivity index (χ0n) is 31.3. The second-order valence-corrected chi connectivity index (χ2v) is 14.9. The van der Waals surface area contributed by atoms with Gasteiger partial charge in [0.2, 0.25) is 0 Å². The summed E-state index contributed by atoms with van der Waals surface area (Å²) in [7, 11) is 0. The van der Waals surface area contributed by atoms with Gasteiger partial charge in [0, 0.05) is 39.2 Å². The minimum atomic E-state index is -0.723. The minimum absolute atomic E-state index is 0.572. The summed E-state index contributed by atoms with van der Waals surface area (Å²) in [5.74, 6) is 3.36. The lowest BCUT2D eigenvalue weighted by Gasteiger charge is -2.39. The van der Waals surface area contributed by atoms with Crippen molar-refractivity contribution < 1.29 is 4.74 Å². The van der Waals surface area contributed by atoms with Gasteiger partial charge >= 0.3 is 0 Å². The molecular weight excluding hydrogens is 711 g/mol. The van der Waals surface area contributed by atoms with E-state index in [2.05, 4.69) is 127 Å². The van der Waals surface area contributed by atoms with Crippen LogP contribution in [0.4, 0.5) is 11.4 Å². The molecule has 11 rings (SSSR count). The van der Waals surface area contributed by atoms with Gasteiger partial charge in [-0.15, -0.1) is 0 Å². The Morgan fingerprint density at radius 2 is 0.810 bits per heavy atom. The summed E-state index contributed by atoms with van der Waals surface area (Å²) in [6.45, 7) is 0. The van der Waals surface area contributed by atoms with Crippen molar-refractivity contribution in [3.8, 4) is 79.0 Å². The van der Waals surface area contributed by atoms with E-state index in [4.69, 9.17) is 31.2 Å². The Labute approximate surface area is 336 Å². The maximum Gasteiger partial charge on any atom is 0.164 e. The molecule has 0 bridgehead atoms. The first kappa shape index (κ1) is 33.5. The van der Waals surface area contributed by atoms with E-state index in [-0.39, 0.29) is 0 Å². The molecule has 1 unspecified atom stereocenters. The molecule has 1 aromatic heterocycles. The van der Waals surface area contributed by atoms with Gasteiger partial charge in [-0.25, -0.2) is 15.0 Å². The molecular formula is C52H35N5O. The van der Waals surface area contributed by atoms with Crippen LogP contribution in [0.15, 0.2) is 188 Å². The first-order valence-corrected chi connectivity index (χ1v) is 19.3. The number of fused-ring (bicyclic) bond motifs is 9. The smallest absolute Gasteiger partial charge is 0.164 e. The lowest BCUT2D eigenvalue weighted by molar-refractivity contribution is 0.436. The van der Waals surface area contributed by atoms with Gasteiger partial charge in [0.05, 0.1) is 5.41 Å². The molecule has 1 atom stereocenters. The summed E-state index contributed by atoms with van der Waals surface area (Å²) in [5, 5.41) is 0. The van der Waals surface area contributed by atoms with Gasteiger partial charge in [-0.05, 0) is 93.0 Å². The van der Waals surface area contributed by atoms with E-state index in [9.17, 15) is 0 Å². The molecule has 1 spiro atoms. The second kappa shape index (κ2) is 13.1. The third kappa shape index (κ3) is 5.30. The summed E-state index contributed by atoms with van der Waals surface area (Å²) >= 11 is 0. The molecule has 4 N–H and O–H groups in total. The Morgan fingerprint density at radius 3 is 1.53 bits per heavy atom. The number of anilines is 2. The van der Waals surface area contributed by atoms with Crippen molar-refractivity contribution in [3.05, 3.63) is 210 Å². The van der Waals surface area contributed by atoms with Crippen molar-refractivity contribution in [2.24, 2.45) is 0 Å². The fourth-order valence-corrected chi connectivity index (χ4v) is 8.86. The lowest BCUT2D eigenvalue weighted by Crippen LogP contribution is -2.32. The van der Waals surface area contributed by atoms with E-state index in [1.54, 1.807) is 6.07 Å². The average Bonchev–Trinajstić information content (AvgIpc) is 3.56. The zero-order valence-corrected chi connectivity index (χ0v) is 31.3. The van der Waals surface area contributed by atoms with Gasteiger partial charge in [-0.3, -0.25) is 0 Å². The number of hydrogen-bond donors (Lipinski definition) is 2. The van der Waals surface area contributed by atoms with Crippen molar-refractivity contribution in [3.63, 3.8) is 0 Å². The number of nitrogens with two attached hydrogens (primary N) is 2. The Kier molecular flexibility index (Phi) is 7.59. The van der Waals surface area contributed by atoms with Crippen LogP contribution in [0.5, 0.6) is 11.5 Å². The fourth-order valence-electron chi connectivity index (χ4n) is 8.86. The monoisotopic (exact) mass is 745 g/mol. The standard InChI is InChI=1S/C52H35N5O/c53-39-27-38(28-40(54)31-39)36-23-25-42-41-15-7-8-16-43(41)52(45(42)29-36)44-17-9-10-18-47(44)58-48-26-24-37(30-46(48)52)51-56-49(34-13-5-2-6-14-34)55-50(57-51)35-21-19-33(20-22-35)32-11-3-1-4-12-32/h1-31H,53-54H2. The molecule has 6 heteroatoms. The molecule has 58 heavy (non-hydrogen) atoms. The van der Waals surface area contributed by atoms with E-state index >= 15 is 0 Å². The van der Waals surface area contributed by atoms with Crippen LogP contribution in [-0.2, 0) is 5.41 Å². The van der Waals surface area contributed by atoms with Gasteiger partial charge in [0.25, 0.3) is 0 Å². The average molecular weight is 746 g/mol. The highest BCUT2D eigenvalue weighted by Crippen LogP contribution is 2.62. The predicted octanol–water partition coefficient (Wildman–Crippen LogP) is 11.8. The van der Waals surface area contributed by atoms with Crippen LogP contribution in [0.25, 0.3) is 67.5 Å². The molecule has 9 aromatic rings. The topological polar surface area (TPSA) is 99.9 Å². The summed E-state index contributed by atoms with van der Waals surface area (Å²) in [6.07, 6.45) is 0. The minimum Gasteiger partial charge on any atom is -0.457 e. The summed E-state index contributed by atoms with van der Waals surface area (Å²) in [4.78, 5) is 15.4. The summed E-state index contributed by atoms with van der Waals surface area (Å²) in [5.41, 5.74) is 26.9. The molecule has 0 saturated carbocycles. The van der Waals surface area contributed by atoms with Crippen LogP contribution < -0.4 is 16.2 Å². The van der Waals surface area contributed by atoms with Crippen molar-refractivity contribution in [2.75, 3.05) is 11.5 Å². The Balaban J connectivity index is 1.13. The van der Waals surface area contributed by atoms with Gasteiger partial charge in [-0.1, -0.05) is 140 Å². The second-order valence-electron chi connectivity index (χ2n) is 14.9. The van der Waals surface area contributed by atoms with Crippen LogP contribution >= 0.6 is 0 Å². The normalized spacial score (nSPS) is 14.6. The quantitative estimate of drug-likeness (QED) is 0.170. The molecule has 6 nitrogen and oxygen atoms in total. The third-order valence-corrected chi connectivity index (χ3v) is 11.4. The molecule has 8 aromatic carbocycles. The van der Waals surface area contributed by atoms with E-state index in [0.717, 1.165) is 72.7 Å². The van der Waals surface area contributed by atoms with E-state index in [0.29, 0.717) is 28.8 Å². The maximum absolute atomic E-state index is 6.78. The first-order chi connectivity index (χ1) is 28.5.